The van der Waals surface area contributed by atoms with Gasteiger partial charge in [0.25, 0.3) is 21.6 Å². The van der Waals surface area contributed by atoms with E-state index in [0.717, 1.165) is 79.0 Å². The van der Waals surface area contributed by atoms with Crippen LogP contribution < -0.4 is 14.9 Å². The maximum absolute atomic E-state index is 13.5. The third-order valence-corrected chi connectivity index (χ3v) is 12.9. The van der Waals surface area contributed by atoms with Crippen LogP contribution in [0.15, 0.2) is 119 Å². The van der Waals surface area contributed by atoms with Crippen molar-refractivity contribution >= 4 is 44.8 Å². The molecule has 2 aliphatic rings. The summed E-state index contributed by atoms with van der Waals surface area (Å²) >= 11 is 1.64. The first-order valence-electron chi connectivity index (χ1n) is 18.9. The number of fused-ring (bicyclic) bond motifs is 3. The number of aryl methyl sites for hydroxylation is 1. The van der Waals surface area contributed by atoms with Crippen LogP contribution in [0.1, 0.15) is 34.3 Å². The van der Waals surface area contributed by atoms with Crippen molar-refractivity contribution in [3.8, 4) is 11.3 Å². The Bertz CT molecular complexity index is 2310. The number of carbonyl (C=O) groups is 1. The molecule has 1 fully saturated rings. The van der Waals surface area contributed by atoms with Gasteiger partial charge in [-0.25, -0.2) is 13.1 Å². The average molecular weight is 807 g/mol. The fraction of sp³-hybridized carbons (Fsp3) is 0.310. The number of aromatic nitrogens is 2. The van der Waals surface area contributed by atoms with E-state index in [1.807, 2.05) is 79.8 Å². The van der Waals surface area contributed by atoms with E-state index in [9.17, 15) is 23.3 Å². The van der Waals surface area contributed by atoms with E-state index in [-0.39, 0.29) is 27.9 Å². The van der Waals surface area contributed by atoms with Crippen LogP contribution in [0, 0.1) is 10.1 Å². The number of rotatable bonds is 15. The van der Waals surface area contributed by atoms with Gasteiger partial charge in [-0.05, 0) is 112 Å². The number of carbonyl (C=O) groups excluding carboxylic acids is 1. The summed E-state index contributed by atoms with van der Waals surface area (Å²) in [5, 5.41) is 15.5. The zero-order chi connectivity index (χ0) is 39.9. The molecule has 13 nitrogen and oxygen atoms in total. The molecule has 0 aliphatic carbocycles. The fourth-order valence-electron chi connectivity index (χ4n) is 7.47. The Kier molecular flexibility index (Phi) is 12.5. The summed E-state index contributed by atoms with van der Waals surface area (Å²) in [5.74, 6) is -0.152. The van der Waals surface area contributed by atoms with Gasteiger partial charge in [-0.3, -0.25) is 29.8 Å². The van der Waals surface area contributed by atoms with Crippen molar-refractivity contribution in [2.24, 2.45) is 0 Å². The van der Waals surface area contributed by atoms with Gasteiger partial charge >= 0.3 is 0 Å². The first kappa shape index (κ1) is 39.9. The van der Waals surface area contributed by atoms with Crippen LogP contribution in [0.2, 0.25) is 0 Å². The largest absolute Gasteiger partial charge is 0.376 e. The number of nitrogens with zero attached hydrogens (tertiary/aromatic N) is 6. The van der Waals surface area contributed by atoms with Crippen LogP contribution >= 0.6 is 11.8 Å². The Morgan fingerprint density at radius 1 is 1.00 bits per heavy atom. The lowest BCUT2D eigenvalue weighted by molar-refractivity contribution is -0.384. The first-order valence-corrected chi connectivity index (χ1v) is 21.4. The second-order valence-corrected chi connectivity index (χ2v) is 17.4. The summed E-state index contributed by atoms with van der Waals surface area (Å²) in [4.78, 5) is 41.5. The minimum Gasteiger partial charge on any atom is -0.376 e. The van der Waals surface area contributed by atoms with Crippen LogP contribution in [0.5, 0.6) is 0 Å². The SMILES string of the molecule is CN(C)CC[C@H](CSc1ccccc1)Nc1ccc(S(=O)(=O)NC(=O)c2ccc3c(c2)CC[C@@H]2CN(Cc4cccnc4-c4ccncc4)CCN32)cc1[N+](=O)[O-]. The second-order valence-electron chi connectivity index (χ2n) is 14.6. The lowest BCUT2D eigenvalue weighted by Crippen LogP contribution is -2.54. The highest BCUT2D eigenvalue weighted by molar-refractivity contribution is 7.99. The van der Waals surface area contributed by atoms with Crippen LogP contribution in [0.25, 0.3) is 11.3 Å². The van der Waals surface area contributed by atoms with Gasteiger partial charge in [0.1, 0.15) is 5.69 Å². The Hall–Kier alpha value is -5.35. The summed E-state index contributed by atoms with van der Waals surface area (Å²) < 4.78 is 29.1. The molecule has 296 valence electrons. The van der Waals surface area contributed by atoms with Gasteiger partial charge in [-0.15, -0.1) is 11.8 Å². The molecule has 1 saturated heterocycles. The number of amides is 1. The van der Waals surface area contributed by atoms with Crippen molar-refractivity contribution < 1.29 is 18.1 Å². The molecule has 57 heavy (non-hydrogen) atoms. The van der Waals surface area contributed by atoms with Crippen molar-refractivity contribution in [3.05, 3.63) is 136 Å². The van der Waals surface area contributed by atoms with Gasteiger partial charge in [0.05, 0.1) is 15.5 Å². The lowest BCUT2D eigenvalue weighted by atomic mass is 9.92. The molecule has 0 radical (unpaired) electrons. The molecule has 2 atom stereocenters. The third-order valence-electron chi connectivity index (χ3n) is 10.4. The van der Waals surface area contributed by atoms with E-state index >= 15 is 0 Å². The van der Waals surface area contributed by atoms with Crippen molar-refractivity contribution in [1.29, 1.82) is 0 Å². The molecule has 2 aliphatic heterocycles. The average Bonchev–Trinajstić information content (AvgIpc) is 3.22. The Morgan fingerprint density at radius 3 is 2.58 bits per heavy atom. The summed E-state index contributed by atoms with van der Waals surface area (Å²) in [7, 11) is -0.510. The molecule has 0 spiro atoms. The van der Waals surface area contributed by atoms with Crippen molar-refractivity contribution in [2.45, 2.75) is 47.7 Å². The van der Waals surface area contributed by atoms with Crippen LogP contribution in [-0.2, 0) is 23.0 Å². The quantitative estimate of drug-likeness (QED) is 0.0691. The fourth-order valence-corrected chi connectivity index (χ4v) is 9.46. The minimum atomic E-state index is -4.44. The molecule has 4 heterocycles. The van der Waals surface area contributed by atoms with E-state index in [4.69, 9.17) is 0 Å². The molecule has 5 aromatic rings. The number of hydrogen-bond acceptors (Lipinski definition) is 12. The molecule has 3 aromatic carbocycles. The monoisotopic (exact) mass is 806 g/mol. The lowest BCUT2D eigenvalue weighted by Gasteiger charge is -2.46. The highest BCUT2D eigenvalue weighted by Gasteiger charge is 2.33. The number of sulfonamides is 1. The number of nitro groups is 1. The normalized spacial score (nSPS) is 16.1. The molecular formula is C42H46N8O5S2. The predicted molar refractivity (Wildman–Crippen MR) is 224 cm³/mol. The summed E-state index contributed by atoms with van der Waals surface area (Å²) in [6, 6.07) is 27.1. The number of benzene rings is 3. The zero-order valence-electron chi connectivity index (χ0n) is 32.0. The summed E-state index contributed by atoms with van der Waals surface area (Å²) in [6.07, 6.45) is 7.72. The van der Waals surface area contributed by atoms with Crippen LogP contribution in [0.3, 0.4) is 0 Å². The van der Waals surface area contributed by atoms with Crippen molar-refractivity contribution in [2.75, 3.05) is 56.2 Å². The molecule has 0 saturated carbocycles. The van der Waals surface area contributed by atoms with Gasteiger partial charge < -0.3 is 15.1 Å². The number of anilines is 2. The van der Waals surface area contributed by atoms with Gasteiger partial charge in [0, 0.05) is 90.4 Å². The number of pyridine rings is 2. The van der Waals surface area contributed by atoms with Gasteiger partial charge in [0.2, 0.25) is 0 Å². The maximum Gasteiger partial charge on any atom is 0.293 e. The van der Waals surface area contributed by atoms with Crippen LogP contribution in [-0.4, -0.2) is 97.1 Å². The number of nitrogens with one attached hydrogen (secondary N) is 2. The van der Waals surface area contributed by atoms with E-state index in [1.165, 1.54) is 17.7 Å². The number of hydrogen-bond donors (Lipinski definition) is 2. The van der Waals surface area contributed by atoms with E-state index < -0.39 is 20.9 Å². The first-order chi connectivity index (χ1) is 27.5. The zero-order valence-corrected chi connectivity index (χ0v) is 33.6. The predicted octanol–water partition coefficient (Wildman–Crippen LogP) is 6.33. The van der Waals surface area contributed by atoms with Crippen LogP contribution in [0.4, 0.5) is 17.1 Å². The van der Waals surface area contributed by atoms with E-state index in [0.29, 0.717) is 18.2 Å². The highest BCUT2D eigenvalue weighted by Crippen LogP contribution is 2.35. The topological polar surface area (TPSA) is 154 Å². The summed E-state index contributed by atoms with van der Waals surface area (Å²) in [5.41, 5.74) is 5.24. The Labute approximate surface area is 337 Å². The second kappa shape index (κ2) is 17.8. The van der Waals surface area contributed by atoms with E-state index in [1.54, 1.807) is 36.3 Å². The highest BCUT2D eigenvalue weighted by atomic mass is 32.2. The molecular weight excluding hydrogens is 761 g/mol. The number of piperazine rings is 1. The maximum atomic E-state index is 13.5. The molecule has 0 bridgehead atoms. The number of thioether (sulfide) groups is 1. The van der Waals surface area contributed by atoms with Gasteiger partial charge in [-0.2, -0.15) is 0 Å². The van der Waals surface area contributed by atoms with Crippen molar-refractivity contribution in [1.82, 2.24) is 24.5 Å². The molecule has 1 amide bonds. The Balaban J connectivity index is 1.00. The van der Waals surface area contributed by atoms with Crippen molar-refractivity contribution in [3.63, 3.8) is 0 Å². The smallest absolute Gasteiger partial charge is 0.293 e. The Morgan fingerprint density at radius 2 is 1.81 bits per heavy atom. The molecule has 15 heteroatoms. The molecule has 2 aromatic heterocycles. The van der Waals surface area contributed by atoms with Gasteiger partial charge in [0.15, 0.2) is 0 Å². The molecule has 7 rings (SSSR count). The molecule has 0 unspecified atom stereocenters. The standard InChI is InChI=1S/C42H46N8O5S2/c1-47(2)22-18-34(29-56-36-8-4-3-5-9-36)45-38-14-13-37(26-40(38)50(52)53)57(54,55)46-42(51)32-11-15-39-31(25-32)10-12-35-28-48(23-24-49(35)39)27-33-7-6-19-44-41(33)30-16-20-43-21-17-30/h3-9,11,13-17,19-21,25-26,34-35,45H,10,12,18,22-24,27-29H2,1-2H3,(H,46,51)/t34-,35-/m1/s1. The molecule has 2 N–H and O–H groups in total. The van der Waals surface area contributed by atoms with Gasteiger partial charge in [-0.1, -0.05) is 24.3 Å². The van der Waals surface area contributed by atoms with E-state index in [2.05, 4.69) is 35.9 Å². The summed E-state index contributed by atoms with van der Waals surface area (Å²) in [6.45, 7) is 4.08. The minimum absolute atomic E-state index is 0.139. The number of nitro benzene ring substituents is 1. The third kappa shape index (κ3) is 9.79.